The third-order valence-electron chi connectivity index (χ3n) is 2.91. The van der Waals surface area contributed by atoms with Crippen LogP contribution in [0, 0.1) is 0 Å². The normalized spacial score (nSPS) is 12.2. The van der Waals surface area contributed by atoms with Gasteiger partial charge in [0.05, 0.1) is 14.1 Å². The molecule has 0 spiro atoms. The molecular formula is C16H24ClNO3. The van der Waals surface area contributed by atoms with Gasteiger partial charge in [-0.25, -0.2) is 4.79 Å². The molecule has 5 heteroatoms. The van der Waals surface area contributed by atoms with Crippen LogP contribution in [0.3, 0.4) is 0 Å². The van der Waals surface area contributed by atoms with Gasteiger partial charge in [0, 0.05) is 11.1 Å². The summed E-state index contributed by atoms with van der Waals surface area (Å²) in [6.07, 6.45) is -0.683. The quantitative estimate of drug-likeness (QED) is 0.389. The van der Waals surface area contributed by atoms with Crippen LogP contribution in [0.1, 0.15) is 12.5 Å². The van der Waals surface area contributed by atoms with E-state index in [-0.39, 0.29) is 19.0 Å². The Morgan fingerprint density at radius 3 is 2.43 bits per heavy atom. The Morgan fingerprint density at radius 1 is 1.33 bits per heavy atom. The first-order chi connectivity index (χ1) is 9.30. The van der Waals surface area contributed by atoms with E-state index < -0.39 is 12.1 Å². The third-order valence-corrected chi connectivity index (χ3v) is 2.91. The summed E-state index contributed by atoms with van der Waals surface area (Å²) in [6.45, 7) is 6.42. The molecule has 1 aromatic rings. The molecule has 0 aromatic heterocycles. The van der Waals surface area contributed by atoms with E-state index in [1.165, 1.54) is 5.56 Å². The fraction of sp³-hybridized carbons (Fsp3) is 0.438. The Morgan fingerprint density at radius 2 is 1.90 bits per heavy atom. The lowest BCUT2D eigenvalue weighted by Gasteiger charge is -2.31. The summed E-state index contributed by atoms with van der Waals surface area (Å²) in [5.41, 5.74) is 1.55. The molecule has 0 amide bonds. The molecule has 0 aliphatic carbocycles. The molecule has 0 heterocycles. The Bertz CT molecular complexity index is 460. The van der Waals surface area contributed by atoms with Crippen LogP contribution in [0.15, 0.2) is 42.5 Å². The van der Waals surface area contributed by atoms with Gasteiger partial charge in [0.15, 0.2) is 0 Å². The molecule has 1 aromatic carbocycles. The topological polar surface area (TPSA) is 46.5 Å². The minimum absolute atomic E-state index is 0. The standard InChI is InChI=1S/C16H24NO3.ClH/c1-13(2)16(19)20-12-15(18)11-17(3,4)10-14-8-6-5-7-9-14;/h5-9,15,18H,1,10-12H2,2-4H3;1H/q+1;/p-1. The number of likely N-dealkylation sites (N-methyl/N-ethyl adjacent to an activating group) is 1. The molecule has 0 bridgehead atoms. The summed E-state index contributed by atoms with van der Waals surface area (Å²) in [4.78, 5) is 11.3. The number of halogens is 1. The maximum absolute atomic E-state index is 11.3. The van der Waals surface area contributed by atoms with E-state index in [2.05, 4.69) is 18.7 Å². The maximum atomic E-state index is 11.3. The summed E-state index contributed by atoms with van der Waals surface area (Å²) in [7, 11) is 4.08. The van der Waals surface area contributed by atoms with E-state index in [1.54, 1.807) is 6.92 Å². The molecule has 1 unspecified atom stereocenters. The Hall–Kier alpha value is -1.36. The van der Waals surface area contributed by atoms with Gasteiger partial charge < -0.3 is 26.7 Å². The number of benzene rings is 1. The fourth-order valence-corrected chi connectivity index (χ4v) is 2.06. The smallest absolute Gasteiger partial charge is 0.333 e. The second kappa shape index (κ2) is 8.82. The highest BCUT2D eigenvalue weighted by atomic mass is 35.5. The number of aliphatic hydroxyl groups excluding tert-OH is 1. The molecule has 21 heavy (non-hydrogen) atoms. The van der Waals surface area contributed by atoms with Crippen molar-refractivity contribution < 1.29 is 31.5 Å². The largest absolute Gasteiger partial charge is 1.00 e. The number of hydrogen-bond donors (Lipinski definition) is 1. The molecule has 1 rings (SSSR count). The molecule has 4 nitrogen and oxygen atoms in total. The summed E-state index contributed by atoms with van der Waals surface area (Å²) in [6, 6.07) is 10.1. The molecule has 0 aliphatic heterocycles. The number of ether oxygens (including phenoxy) is 1. The molecule has 0 radical (unpaired) electrons. The SMILES string of the molecule is C=C(C)C(=O)OCC(O)C[N+](C)(C)Cc1ccccc1.[Cl-]. The van der Waals surface area contributed by atoms with Crippen molar-refractivity contribution >= 4 is 5.97 Å². The molecule has 0 fully saturated rings. The maximum Gasteiger partial charge on any atom is 0.333 e. The lowest BCUT2D eigenvalue weighted by molar-refractivity contribution is -0.906. The van der Waals surface area contributed by atoms with Gasteiger partial charge >= 0.3 is 5.97 Å². The number of esters is 1. The van der Waals surface area contributed by atoms with Crippen molar-refractivity contribution in [3.05, 3.63) is 48.0 Å². The molecule has 1 atom stereocenters. The zero-order valence-corrected chi connectivity index (χ0v) is 13.6. The monoisotopic (exact) mass is 313 g/mol. The number of carbonyl (C=O) groups excluding carboxylic acids is 1. The van der Waals surface area contributed by atoms with Crippen molar-refractivity contribution in [3.63, 3.8) is 0 Å². The van der Waals surface area contributed by atoms with Gasteiger partial charge in [0.25, 0.3) is 0 Å². The second-order valence-electron chi connectivity index (χ2n) is 5.79. The van der Waals surface area contributed by atoms with Gasteiger partial charge in [-0.1, -0.05) is 36.9 Å². The van der Waals surface area contributed by atoms with E-state index in [1.807, 2.05) is 32.3 Å². The minimum atomic E-state index is -0.683. The van der Waals surface area contributed by atoms with Crippen LogP contribution in [0.4, 0.5) is 0 Å². The number of aliphatic hydroxyl groups is 1. The molecule has 0 saturated heterocycles. The van der Waals surface area contributed by atoms with Crippen molar-refractivity contribution in [2.45, 2.75) is 19.6 Å². The number of hydrogen-bond acceptors (Lipinski definition) is 3. The van der Waals surface area contributed by atoms with Gasteiger partial charge in [0.2, 0.25) is 0 Å². The van der Waals surface area contributed by atoms with E-state index in [0.717, 1.165) is 6.54 Å². The van der Waals surface area contributed by atoms with Crippen LogP contribution >= 0.6 is 0 Å². The van der Waals surface area contributed by atoms with Gasteiger partial charge in [0.1, 0.15) is 25.8 Å². The zero-order valence-electron chi connectivity index (χ0n) is 12.9. The molecule has 0 saturated carbocycles. The van der Waals surface area contributed by atoms with Crippen LogP contribution in [-0.4, -0.2) is 48.9 Å². The van der Waals surface area contributed by atoms with E-state index in [9.17, 15) is 9.90 Å². The summed E-state index contributed by atoms with van der Waals surface area (Å²) in [5.74, 6) is -0.461. The van der Waals surface area contributed by atoms with Crippen molar-refractivity contribution in [1.82, 2.24) is 0 Å². The zero-order chi connectivity index (χ0) is 15.2. The van der Waals surface area contributed by atoms with Gasteiger partial charge in [-0.3, -0.25) is 0 Å². The number of rotatable bonds is 7. The van der Waals surface area contributed by atoms with Crippen molar-refractivity contribution in [3.8, 4) is 0 Å². The van der Waals surface area contributed by atoms with Crippen LogP contribution in [0.25, 0.3) is 0 Å². The summed E-state index contributed by atoms with van der Waals surface area (Å²) in [5, 5.41) is 9.97. The number of quaternary nitrogens is 1. The third kappa shape index (κ3) is 7.85. The number of carbonyl (C=O) groups is 1. The van der Waals surface area contributed by atoms with Crippen molar-refractivity contribution in [2.75, 3.05) is 27.2 Å². The molecule has 1 N–H and O–H groups in total. The van der Waals surface area contributed by atoms with E-state index >= 15 is 0 Å². The highest BCUT2D eigenvalue weighted by Gasteiger charge is 2.22. The predicted molar refractivity (Wildman–Crippen MR) is 78.9 cm³/mol. The lowest BCUT2D eigenvalue weighted by atomic mass is 10.2. The van der Waals surface area contributed by atoms with Crippen molar-refractivity contribution in [1.29, 1.82) is 0 Å². The highest BCUT2D eigenvalue weighted by Crippen LogP contribution is 2.10. The van der Waals surface area contributed by atoms with Crippen LogP contribution in [0.2, 0.25) is 0 Å². The van der Waals surface area contributed by atoms with E-state index in [0.29, 0.717) is 16.6 Å². The molecule has 0 aliphatic rings. The molecular weight excluding hydrogens is 290 g/mol. The first kappa shape index (κ1) is 19.6. The summed E-state index contributed by atoms with van der Waals surface area (Å²) < 4.78 is 5.58. The van der Waals surface area contributed by atoms with Crippen LogP contribution in [0.5, 0.6) is 0 Å². The minimum Gasteiger partial charge on any atom is -1.00 e. The van der Waals surface area contributed by atoms with Crippen LogP contribution in [-0.2, 0) is 16.1 Å². The van der Waals surface area contributed by atoms with Gasteiger partial charge in [-0.05, 0) is 6.92 Å². The number of nitrogens with zero attached hydrogens (tertiary/aromatic N) is 1. The first-order valence-corrected chi connectivity index (χ1v) is 6.67. The van der Waals surface area contributed by atoms with Gasteiger partial charge in [-0.2, -0.15) is 0 Å². The first-order valence-electron chi connectivity index (χ1n) is 6.67. The average molecular weight is 314 g/mol. The average Bonchev–Trinajstić information content (AvgIpc) is 2.35. The predicted octanol–water partition coefficient (Wildman–Crippen LogP) is -1.25. The lowest BCUT2D eigenvalue weighted by Crippen LogP contribution is -3.00. The summed E-state index contributed by atoms with van der Waals surface area (Å²) >= 11 is 0. The van der Waals surface area contributed by atoms with Crippen molar-refractivity contribution in [2.24, 2.45) is 0 Å². The highest BCUT2D eigenvalue weighted by molar-refractivity contribution is 5.86. The van der Waals surface area contributed by atoms with Crippen LogP contribution < -0.4 is 12.4 Å². The fourth-order valence-electron chi connectivity index (χ4n) is 2.06. The second-order valence-corrected chi connectivity index (χ2v) is 5.79. The van der Waals surface area contributed by atoms with Gasteiger partial charge in [-0.15, -0.1) is 0 Å². The Labute approximate surface area is 133 Å². The Balaban J connectivity index is 0.00000400. The molecule has 118 valence electrons. The Kier molecular flexibility index (Phi) is 8.25. The van der Waals surface area contributed by atoms with E-state index in [4.69, 9.17) is 4.74 Å².